The van der Waals surface area contributed by atoms with Gasteiger partial charge in [-0.1, -0.05) is 55.2 Å². The monoisotopic (exact) mass is 1810 g/mol. The minimum absolute atomic E-state index is 0.0121. The number of aliphatic hydroxyl groups excluding tert-OH is 6. The van der Waals surface area contributed by atoms with Gasteiger partial charge in [0.2, 0.25) is 53.4 Å². The number of aliphatic hydroxyl groups is 6. The van der Waals surface area contributed by atoms with Gasteiger partial charge in [-0.05, 0) is 140 Å². The molecule has 678 valence electrons. The number of fused-ring (bicyclic) bond motifs is 15. The number of primary amides is 2. The van der Waals surface area contributed by atoms with Crippen LogP contribution in [0.3, 0.4) is 0 Å². The molecule has 12 amide bonds. The second-order valence-electron chi connectivity index (χ2n) is 31.1. The Hall–Kier alpha value is -11.9. The molecule has 46 heteroatoms. The maximum atomic E-state index is 16.3. The predicted octanol–water partition coefficient (Wildman–Crippen LogP) is 1.18. The number of hydrazine groups is 1. The number of benzene rings is 6. The number of rotatable bonds is 18. The molecule has 3 fully saturated rings. The molecule has 19 atom stereocenters. The number of carbonyl (C=O) groups is 10. The van der Waals surface area contributed by atoms with Crippen LogP contribution in [0.25, 0.3) is 11.1 Å². The first kappa shape index (κ1) is 93.3. The van der Waals surface area contributed by atoms with Crippen LogP contribution in [0.4, 0.5) is 28.4 Å². The van der Waals surface area contributed by atoms with Crippen molar-refractivity contribution in [2.45, 2.75) is 169 Å². The number of hydrogen-bond acceptors (Lipinski definition) is 29. The van der Waals surface area contributed by atoms with Crippen molar-refractivity contribution in [1.29, 1.82) is 0 Å². The van der Waals surface area contributed by atoms with Crippen molar-refractivity contribution in [1.82, 2.24) is 58.3 Å². The van der Waals surface area contributed by atoms with Crippen molar-refractivity contribution < 1.29 is 145 Å². The lowest BCUT2D eigenvalue weighted by Crippen LogP contribution is -2.66. The average molecular weight is 1810 g/mol. The van der Waals surface area contributed by atoms with Crippen molar-refractivity contribution in [2.75, 3.05) is 45.2 Å². The van der Waals surface area contributed by atoms with Crippen LogP contribution in [-0.4, -0.2) is 241 Å². The molecular weight excluding hydrogens is 1720 g/mol. The van der Waals surface area contributed by atoms with Gasteiger partial charge in [0.1, 0.15) is 101 Å². The Morgan fingerprint density at radius 2 is 1.35 bits per heavy atom. The number of likely N-dealkylation sites (N-methyl/N-ethyl adjacent to an activating group) is 1. The van der Waals surface area contributed by atoms with Crippen LogP contribution in [0.1, 0.15) is 105 Å². The summed E-state index contributed by atoms with van der Waals surface area (Å²) in [6, 6.07) is 1.04. The molecule has 8 aliphatic rings. The van der Waals surface area contributed by atoms with Gasteiger partial charge >= 0.3 is 18.4 Å². The third-order valence-corrected chi connectivity index (χ3v) is 22.1. The van der Waals surface area contributed by atoms with E-state index in [1.165, 1.54) is 37.1 Å². The fraction of sp³-hybridized carbons (Fsp3) is 0.425. The Labute approximate surface area is 723 Å². The zero-order chi connectivity index (χ0) is 91.4. The molecular formula is C80H91Cl2F3N14O27. The smallest absolute Gasteiger partial charge is 0.508 e. The lowest BCUT2D eigenvalue weighted by Gasteiger charge is -2.49. The fourth-order valence-electron chi connectivity index (χ4n) is 15.2. The van der Waals surface area contributed by atoms with Crippen molar-refractivity contribution in [2.24, 2.45) is 17.4 Å². The van der Waals surface area contributed by atoms with Crippen molar-refractivity contribution in [3.63, 3.8) is 0 Å². The highest BCUT2D eigenvalue weighted by Gasteiger charge is 2.53. The SMILES string of the molecule is CNC(CC(C)C)C(=O)NC1C(=O)NC(CC(N)=O)C(=O)NC2C(=O)NC3C(=O)NC(C(=O)N[C@@H](C(=O)NNC(N)=O)c4cc(O)cc(O)c4-c4cc3ccc4O)C(O)c3ccc(c(Cl)c3)Oc3cc2cc(c3OC2OC(CO)C(O)C(O)C2OC2C[C@@](C)(NCC3CN(C(=O)Nc4ccc(OC(F)(F)F)cc4)CCO3)C(O)C(C)O2)Oc2ccc(cc2Cl)C1O. The number of amides is 12. The van der Waals surface area contributed by atoms with Crippen LogP contribution in [-0.2, 0) is 57.3 Å². The van der Waals surface area contributed by atoms with Gasteiger partial charge in [-0.25, -0.2) is 15.0 Å². The summed E-state index contributed by atoms with van der Waals surface area (Å²) in [5.74, 6) is -16.9. The number of anilines is 1. The van der Waals surface area contributed by atoms with Crippen LogP contribution < -0.4 is 89.1 Å². The summed E-state index contributed by atoms with van der Waals surface area (Å²) in [7, 11) is 1.45. The number of alkyl halides is 3. The highest BCUT2D eigenvalue weighted by Crippen LogP contribution is 2.50. The van der Waals surface area contributed by atoms with E-state index in [-0.39, 0.29) is 61.8 Å². The standard InChI is InChI=1S/C80H91Cl2F3N14O27/c1-31(2)18-45(88-5)69(110)95-60-62(105)34-7-14-49(43(81)20-34)121-51-22-36-23-52(66(51)125-76-67(65(108)64(107)53(30-100)123-76)124-55-27-79(4,68(109)32(3)120-55)89-28-40-29-99(16-17-119-40)78(118)90-37-9-11-39(12-10-37)126-80(83,84)85)122-50-15-8-35(21-44(50)82)63(106)61-74(115)94-59(75(116)97-98-77(87)117)42-24-38(101)25-48(103)56(42)41-19-33(6-13-47(41)102)57(71(112)96-61)93-72(113)58(36)92-70(111)46(26-54(86)104)91-73(60)114/h6-15,19-25,31-32,40,45-46,53,55,57-65,67-68,76,88-89,100-103,105-109H,16-18,26-30H2,1-5H3,(H2,86,104)(H,90,118)(H,91,114)(H,92,111)(H,93,113)(H,94,115)(H,95,110)(H,96,112)(H,97,116)(H3,87,98,117)/t32?,40?,45?,46?,53?,55?,57?,58?,59-,60?,61?,62?,63?,64?,65?,67?,68?,76?,79-/m1/s1. The van der Waals surface area contributed by atoms with Crippen LogP contribution in [0.15, 0.2) is 103 Å². The summed E-state index contributed by atoms with van der Waals surface area (Å²) in [4.78, 5) is 147. The van der Waals surface area contributed by atoms with Crippen molar-refractivity contribution in [3.05, 3.63) is 141 Å². The van der Waals surface area contributed by atoms with Gasteiger partial charge in [0, 0.05) is 54.5 Å². The predicted molar refractivity (Wildman–Crippen MR) is 430 cm³/mol. The van der Waals surface area contributed by atoms with Crippen LogP contribution in [0.2, 0.25) is 10.0 Å². The number of urea groups is 2. The number of nitrogens with two attached hydrogens (primary N) is 2. The Balaban J connectivity index is 0.999. The molecule has 24 N–H and O–H groups in total. The first-order chi connectivity index (χ1) is 59.6. The maximum absolute atomic E-state index is 16.3. The van der Waals surface area contributed by atoms with Gasteiger partial charge in [0.15, 0.2) is 23.9 Å². The van der Waals surface area contributed by atoms with E-state index in [2.05, 4.69) is 52.6 Å². The summed E-state index contributed by atoms with van der Waals surface area (Å²) >= 11 is 14.3. The summed E-state index contributed by atoms with van der Waals surface area (Å²) < 4.78 is 87.9. The number of aromatic hydroxyl groups is 3. The summed E-state index contributed by atoms with van der Waals surface area (Å²) in [6.07, 6.45) is -25.7. The lowest BCUT2D eigenvalue weighted by atomic mass is 9.84. The molecule has 6 aromatic carbocycles. The van der Waals surface area contributed by atoms with Gasteiger partial charge in [0.05, 0.1) is 54.0 Å². The normalized spacial score (nSPS) is 27.2. The number of phenols is 3. The van der Waals surface area contributed by atoms with E-state index in [1.54, 1.807) is 20.8 Å². The number of carbonyl (C=O) groups excluding carboxylic acids is 10. The Morgan fingerprint density at radius 1 is 0.714 bits per heavy atom. The van der Waals surface area contributed by atoms with Crippen molar-refractivity contribution in [3.8, 4) is 62.9 Å². The molecule has 17 unspecified atom stereocenters. The first-order valence-electron chi connectivity index (χ1n) is 39.2. The van der Waals surface area contributed by atoms with Crippen LogP contribution >= 0.6 is 23.2 Å². The van der Waals surface area contributed by atoms with E-state index in [1.807, 2.05) is 10.9 Å². The number of nitrogens with one attached hydrogen (secondary N) is 11. The molecule has 3 saturated heterocycles. The van der Waals surface area contributed by atoms with E-state index in [0.717, 1.165) is 84.9 Å². The number of morpholine rings is 1. The maximum Gasteiger partial charge on any atom is 0.573 e. The molecule has 11 bridgehead atoms. The molecule has 0 spiro atoms. The zero-order valence-electron chi connectivity index (χ0n) is 67.3. The number of phenolic OH excluding ortho intramolecular Hbond substituents is 3. The molecule has 6 aromatic rings. The van der Waals surface area contributed by atoms with E-state index in [9.17, 15) is 83.1 Å². The third-order valence-electron chi connectivity index (χ3n) is 21.6. The first-order valence-corrected chi connectivity index (χ1v) is 39.9. The topological polar surface area (TPSA) is 614 Å². The average Bonchev–Trinajstić information content (AvgIpc) is 0.764. The molecule has 8 aliphatic heterocycles. The minimum atomic E-state index is -4.96. The summed E-state index contributed by atoms with van der Waals surface area (Å²) in [5, 5.41) is 129. The number of hydrogen-bond donors (Lipinski definition) is 22. The van der Waals surface area contributed by atoms with Gasteiger partial charge in [0.25, 0.3) is 5.91 Å². The second kappa shape index (κ2) is 38.9. The largest absolute Gasteiger partial charge is 0.573 e. The molecule has 0 radical (unpaired) electrons. The van der Waals surface area contributed by atoms with Gasteiger partial charge in [-0.15, -0.1) is 13.2 Å². The van der Waals surface area contributed by atoms with E-state index < -0.39 is 284 Å². The summed E-state index contributed by atoms with van der Waals surface area (Å²) in [6.45, 7) is 5.57. The zero-order valence-corrected chi connectivity index (χ0v) is 68.8. The lowest BCUT2D eigenvalue weighted by molar-refractivity contribution is -0.334. The van der Waals surface area contributed by atoms with Crippen LogP contribution in [0, 0.1) is 5.92 Å². The number of ether oxygens (including phenoxy) is 8. The highest BCUT2D eigenvalue weighted by molar-refractivity contribution is 6.32. The highest BCUT2D eigenvalue weighted by atomic mass is 35.5. The van der Waals surface area contributed by atoms with Gasteiger partial charge < -0.3 is 148 Å². The van der Waals surface area contributed by atoms with E-state index in [4.69, 9.17) is 67.8 Å². The molecule has 8 heterocycles. The molecule has 14 rings (SSSR count). The Morgan fingerprint density at radius 3 is 1.97 bits per heavy atom. The quantitative estimate of drug-likeness (QED) is 0.0537. The van der Waals surface area contributed by atoms with Crippen LogP contribution in [0.5, 0.6) is 51.7 Å². The van der Waals surface area contributed by atoms with Gasteiger partial charge in [-0.2, -0.15) is 0 Å². The molecule has 126 heavy (non-hydrogen) atoms. The van der Waals surface area contributed by atoms with E-state index in [0.29, 0.717) is 0 Å². The molecule has 0 aromatic heterocycles. The molecule has 0 aliphatic carbocycles. The van der Waals surface area contributed by atoms with E-state index >= 15 is 24.0 Å². The van der Waals surface area contributed by atoms with Crippen molar-refractivity contribution >= 4 is 88.2 Å². The summed E-state index contributed by atoms with van der Waals surface area (Å²) in [5.41, 5.74) is 10.4. The Bertz CT molecular complexity index is 5150. The Kier molecular flexibility index (Phi) is 28.8. The molecule has 0 saturated carbocycles. The minimum Gasteiger partial charge on any atom is -0.508 e. The number of nitrogens with zero attached hydrogens (tertiary/aromatic N) is 1. The fourth-order valence-corrected chi connectivity index (χ4v) is 15.6. The third kappa shape index (κ3) is 21.4. The molecule has 41 nitrogen and oxygen atoms in total. The number of halogens is 5. The van der Waals surface area contributed by atoms with Gasteiger partial charge in [-0.3, -0.25) is 43.8 Å². The second-order valence-corrected chi connectivity index (χ2v) is 31.9.